The number of fused-ring (bicyclic) bond motifs is 1. The maximum absolute atomic E-state index is 12.5. The Balaban J connectivity index is 1.32. The number of hydrogen-bond donors (Lipinski definition) is 1. The van der Waals surface area contributed by atoms with Crippen molar-refractivity contribution in [1.29, 1.82) is 0 Å². The van der Waals surface area contributed by atoms with Crippen LogP contribution in [-0.2, 0) is 11.2 Å². The number of rotatable bonds is 4. The smallest absolute Gasteiger partial charge is 0.225 e. The molecule has 8 heteroatoms. The first kappa shape index (κ1) is 18.8. The molecule has 1 fully saturated rings. The van der Waals surface area contributed by atoms with E-state index in [-0.39, 0.29) is 18.4 Å². The van der Waals surface area contributed by atoms with Crippen molar-refractivity contribution in [1.82, 2.24) is 15.3 Å². The van der Waals surface area contributed by atoms with Crippen molar-refractivity contribution in [2.24, 2.45) is 0 Å². The minimum Gasteiger partial charge on any atom is -0.489 e. The van der Waals surface area contributed by atoms with Crippen molar-refractivity contribution in [3.05, 3.63) is 41.2 Å². The molecule has 1 aromatic heterocycles. The lowest BCUT2D eigenvalue weighted by atomic mass is 10.0. The van der Waals surface area contributed by atoms with Gasteiger partial charge < -0.3 is 19.7 Å². The summed E-state index contributed by atoms with van der Waals surface area (Å²) in [5.74, 6) is 1.91. The second-order valence-corrected chi connectivity index (χ2v) is 7.42. The number of anilines is 1. The first-order valence-corrected chi connectivity index (χ1v) is 9.96. The van der Waals surface area contributed by atoms with Crippen LogP contribution in [0.4, 0.5) is 5.95 Å². The lowest BCUT2D eigenvalue weighted by molar-refractivity contribution is -0.121. The quantitative estimate of drug-likeness (QED) is 0.847. The maximum Gasteiger partial charge on any atom is 0.225 e. The molecule has 2 aromatic rings. The van der Waals surface area contributed by atoms with E-state index < -0.39 is 0 Å². The molecule has 1 amide bonds. The number of aromatic nitrogens is 2. The molecule has 148 valence electrons. The summed E-state index contributed by atoms with van der Waals surface area (Å²) in [7, 11) is 0. The van der Waals surface area contributed by atoms with Gasteiger partial charge in [0.15, 0.2) is 11.5 Å². The van der Waals surface area contributed by atoms with Crippen LogP contribution in [0.2, 0.25) is 5.02 Å². The number of nitrogens with one attached hydrogen (secondary N) is 1. The third-order valence-corrected chi connectivity index (χ3v) is 5.20. The summed E-state index contributed by atoms with van der Waals surface area (Å²) in [6.45, 7) is 2.82. The van der Waals surface area contributed by atoms with Crippen LogP contribution in [0.5, 0.6) is 11.5 Å². The Bertz CT molecular complexity index is 826. The molecule has 2 aliphatic heterocycles. The second kappa shape index (κ2) is 8.65. The molecule has 0 atom stereocenters. The number of amides is 1. The minimum absolute atomic E-state index is 0.0139. The van der Waals surface area contributed by atoms with E-state index in [1.54, 1.807) is 18.5 Å². The molecule has 1 N–H and O–H groups in total. The molecule has 0 bridgehead atoms. The van der Waals surface area contributed by atoms with Crippen LogP contribution in [0.1, 0.15) is 24.8 Å². The van der Waals surface area contributed by atoms with Crippen LogP contribution in [-0.4, -0.2) is 48.2 Å². The molecule has 7 nitrogen and oxygen atoms in total. The number of piperidine rings is 1. The van der Waals surface area contributed by atoms with Gasteiger partial charge in [0.2, 0.25) is 11.9 Å². The normalized spacial score (nSPS) is 17.1. The standard InChI is InChI=1S/C20H23ClN4O3/c21-16-11-14(12-17-19(16)28-10-2-9-27-17)13-18(26)24-15-3-7-25(8-4-15)20-22-5-1-6-23-20/h1,5-6,11-12,15H,2-4,7-10,13H2,(H,24,26). The van der Waals surface area contributed by atoms with Crippen molar-refractivity contribution in [2.75, 3.05) is 31.2 Å². The summed E-state index contributed by atoms with van der Waals surface area (Å²) < 4.78 is 11.3. The summed E-state index contributed by atoms with van der Waals surface area (Å²) in [4.78, 5) is 23.2. The van der Waals surface area contributed by atoms with Gasteiger partial charge in [-0.05, 0) is 36.6 Å². The highest BCUT2D eigenvalue weighted by molar-refractivity contribution is 6.32. The SMILES string of the molecule is O=C(Cc1cc(Cl)c2c(c1)OCCCO2)NC1CCN(c2ncccn2)CC1. The van der Waals surface area contributed by atoms with Gasteiger partial charge in [-0.3, -0.25) is 4.79 Å². The topological polar surface area (TPSA) is 76.6 Å². The first-order chi connectivity index (χ1) is 13.7. The molecular formula is C20H23ClN4O3. The van der Waals surface area contributed by atoms with Gasteiger partial charge in [0.1, 0.15) is 0 Å². The molecule has 1 aromatic carbocycles. The van der Waals surface area contributed by atoms with E-state index in [1.807, 2.05) is 12.1 Å². The molecule has 3 heterocycles. The fraction of sp³-hybridized carbons (Fsp3) is 0.450. The van der Waals surface area contributed by atoms with Gasteiger partial charge in [-0.1, -0.05) is 11.6 Å². The van der Waals surface area contributed by atoms with Gasteiger partial charge in [-0.25, -0.2) is 9.97 Å². The number of carbonyl (C=O) groups is 1. The van der Waals surface area contributed by atoms with Crippen LogP contribution in [0.25, 0.3) is 0 Å². The van der Waals surface area contributed by atoms with Crippen LogP contribution >= 0.6 is 11.6 Å². The van der Waals surface area contributed by atoms with Gasteiger partial charge in [0, 0.05) is 37.9 Å². The number of carbonyl (C=O) groups excluding carboxylic acids is 1. The van der Waals surface area contributed by atoms with Gasteiger partial charge >= 0.3 is 0 Å². The first-order valence-electron chi connectivity index (χ1n) is 9.58. The molecule has 0 spiro atoms. The van der Waals surface area contributed by atoms with Crippen molar-refractivity contribution in [3.8, 4) is 11.5 Å². The summed E-state index contributed by atoms with van der Waals surface area (Å²) in [5, 5.41) is 3.61. The zero-order valence-corrected chi connectivity index (χ0v) is 16.3. The van der Waals surface area contributed by atoms with E-state index in [0.717, 1.165) is 43.9 Å². The molecule has 0 radical (unpaired) electrons. The molecule has 0 unspecified atom stereocenters. The average Bonchev–Trinajstić information content (AvgIpc) is 2.95. The van der Waals surface area contributed by atoms with Crippen molar-refractivity contribution in [3.63, 3.8) is 0 Å². The second-order valence-electron chi connectivity index (χ2n) is 7.01. The number of nitrogens with zero attached hydrogens (tertiary/aromatic N) is 3. The van der Waals surface area contributed by atoms with Crippen LogP contribution in [0.15, 0.2) is 30.6 Å². The molecule has 1 saturated heterocycles. The Morgan fingerprint density at radius 1 is 1.18 bits per heavy atom. The number of hydrogen-bond acceptors (Lipinski definition) is 6. The highest BCUT2D eigenvalue weighted by atomic mass is 35.5. The van der Waals surface area contributed by atoms with Gasteiger partial charge in [0.25, 0.3) is 0 Å². The Labute approximate surface area is 169 Å². The lowest BCUT2D eigenvalue weighted by Gasteiger charge is -2.32. The average molecular weight is 403 g/mol. The summed E-state index contributed by atoms with van der Waals surface area (Å²) in [5.41, 5.74) is 0.821. The Kier molecular flexibility index (Phi) is 5.81. The fourth-order valence-corrected chi connectivity index (χ4v) is 3.82. The van der Waals surface area contributed by atoms with E-state index in [1.165, 1.54) is 0 Å². The zero-order valence-electron chi connectivity index (χ0n) is 15.6. The highest BCUT2D eigenvalue weighted by Crippen LogP contribution is 2.38. The van der Waals surface area contributed by atoms with E-state index >= 15 is 0 Å². The lowest BCUT2D eigenvalue weighted by Crippen LogP contribution is -2.45. The molecule has 2 aliphatic rings. The van der Waals surface area contributed by atoms with Crippen molar-refractivity contribution in [2.45, 2.75) is 31.7 Å². The van der Waals surface area contributed by atoms with Crippen LogP contribution in [0.3, 0.4) is 0 Å². The van der Waals surface area contributed by atoms with Gasteiger partial charge in [-0.2, -0.15) is 0 Å². The third-order valence-electron chi connectivity index (χ3n) is 4.92. The van der Waals surface area contributed by atoms with Crippen molar-refractivity contribution >= 4 is 23.5 Å². The van der Waals surface area contributed by atoms with Gasteiger partial charge in [-0.15, -0.1) is 0 Å². The van der Waals surface area contributed by atoms with E-state index in [0.29, 0.717) is 29.7 Å². The summed E-state index contributed by atoms with van der Waals surface area (Å²) >= 11 is 6.32. The molecule has 4 rings (SSSR count). The van der Waals surface area contributed by atoms with E-state index in [2.05, 4.69) is 20.2 Å². The largest absolute Gasteiger partial charge is 0.489 e. The summed E-state index contributed by atoms with van der Waals surface area (Å²) in [6.07, 6.45) is 6.30. The number of benzene rings is 1. The Morgan fingerprint density at radius 2 is 1.93 bits per heavy atom. The third kappa shape index (κ3) is 4.47. The van der Waals surface area contributed by atoms with Gasteiger partial charge in [0.05, 0.1) is 24.7 Å². The predicted octanol–water partition coefficient (Wildman–Crippen LogP) is 2.62. The number of halogens is 1. The van der Waals surface area contributed by atoms with Crippen LogP contribution in [0, 0.1) is 0 Å². The maximum atomic E-state index is 12.5. The Hall–Kier alpha value is -2.54. The zero-order chi connectivity index (χ0) is 19.3. The van der Waals surface area contributed by atoms with E-state index in [4.69, 9.17) is 21.1 Å². The monoisotopic (exact) mass is 402 g/mol. The molecular weight excluding hydrogens is 380 g/mol. The minimum atomic E-state index is -0.0139. The van der Waals surface area contributed by atoms with E-state index in [9.17, 15) is 4.79 Å². The molecule has 0 saturated carbocycles. The predicted molar refractivity (Wildman–Crippen MR) is 106 cm³/mol. The summed E-state index contributed by atoms with van der Waals surface area (Å²) in [6, 6.07) is 5.59. The molecule has 0 aliphatic carbocycles. The van der Waals surface area contributed by atoms with Crippen LogP contribution < -0.4 is 19.7 Å². The molecule has 28 heavy (non-hydrogen) atoms. The number of ether oxygens (including phenoxy) is 2. The van der Waals surface area contributed by atoms with Crippen molar-refractivity contribution < 1.29 is 14.3 Å². The fourth-order valence-electron chi connectivity index (χ4n) is 3.53. The highest BCUT2D eigenvalue weighted by Gasteiger charge is 2.23. The Morgan fingerprint density at radius 3 is 2.71 bits per heavy atom.